The molecule has 1 saturated heterocycles. The van der Waals surface area contributed by atoms with E-state index in [1.54, 1.807) is 0 Å². The van der Waals surface area contributed by atoms with Gasteiger partial charge in [-0.15, -0.1) is 0 Å². The second-order valence-electron chi connectivity index (χ2n) is 4.06. The summed E-state index contributed by atoms with van der Waals surface area (Å²) in [5.74, 6) is 0.278. The molecule has 0 aromatic heterocycles. The van der Waals surface area contributed by atoms with Crippen molar-refractivity contribution >= 4 is 5.91 Å². The molecule has 0 saturated carbocycles. The molecule has 0 radical (unpaired) electrons. The van der Waals surface area contributed by atoms with Crippen LogP contribution in [0.2, 0.25) is 0 Å². The van der Waals surface area contributed by atoms with E-state index < -0.39 is 0 Å². The van der Waals surface area contributed by atoms with E-state index in [2.05, 4.69) is 6.92 Å². The summed E-state index contributed by atoms with van der Waals surface area (Å²) in [6, 6.07) is 0.492. The van der Waals surface area contributed by atoms with Crippen LogP contribution < -0.4 is 0 Å². The Bertz CT molecular complexity index is 157. The van der Waals surface area contributed by atoms with Gasteiger partial charge in [0, 0.05) is 18.0 Å². The minimum atomic E-state index is -0.190. The van der Waals surface area contributed by atoms with Crippen molar-refractivity contribution < 1.29 is 4.79 Å². The van der Waals surface area contributed by atoms with Crippen molar-refractivity contribution in [3.05, 3.63) is 0 Å². The van der Waals surface area contributed by atoms with Crippen LogP contribution in [-0.2, 0) is 4.79 Å². The van der Waals surface area contributed by atoms with Gasteiger partial charge in [0.15, 0.2) is 0 Å². The van der Waals surface area contributed by atoms with E-state index in [1.807, 2.05) is 25.7 Å². The quantitative estimate of drug-likeness (QED) is 0.465. The molecule has 2 heteroatoms. The standard InChI is InChI=1S/C8H15NO/c1-6-5-9(6)7(10)8(2,3)4/h6H,5H2,1-4H3. The number of hydrogen-bond acceptors (Lipinski definition) is 1. The molecule has 58 valence electrons. The summed E-state index contributed by atoms with van der Waals surface area (Å²) in [5.41, 5.74) is -0.190. The number of carbonyl (C=O) groups is 1. The molecule has 0 N–H and O–H groups in total. The first-order chi connectivity index (χ1) is 4.43. The highest BCUT2D eigenvalue weighted by molar-refractivity contribution is 5.83. The first-order valence-electron chi connectivity index (χ1n) is 3.74. The average molecular weight is 141 g/mol. The zero-order valence-electron chi connectivity index (χ0n) is 7.14. The van der Waals surface area contributed by atoms with Crippen molar-refractivity contribution in [1.82, 2.24) is 4.90 Å². The topological polar surface area (TPSA) is 20.1 Å². The summed E-state index contributed by atoms with van der Waals surface area (Å²) < 4.78 is 0. The van der Waals surface area contributed by atoms with Crippen LogP contribution in [0, 0.1) is 5.41 Å². The molecule has 1 heterocycles. The molecule has 0 bridgehead atoms. The Morgan fingerprint density at radius 3 is 2.00 bits per heavy atom. The lowest BCUT2D eigenvalue weighted by Crippen LogP contribution is -2.28. The highest BCUT2D eigenvalue weighted by Gasteiger charge is 2.39. The molecule has 0 spiro atoms. The first kappa shape index (κ1) is 7.58. The Morgan fingerprint density at radius 2 is 1.90 bits per heavy atom. The van der Waals surface area contributed by atoms with E-state index in [0.717, 1.165) is 6.54 Å². The summed E-state index contributed by atoms with van der Waals surface area (Å²) in [7, 11) is 0. The van der Waals surface area contributed by atoms with Crippen LogP contribution in [0.3, 0.4) is 0 Å². The molecule has 1 atom stereocenters. The predicted octanol–water partition coefficient (Wildman–Crippen LogP) is 1.26. The lowest BCUT2D eigenvalue weighted by atomic mass is 9.96. The summed E-state index contributed by atoms with van der Waals surface area (Å²) >= 11 is 0. The van der Waals surface area contributed by atoms with Crippen LogP contribution in [0.15, 0.2) is 0 Å². The second-order valence-corrected chi connectivity index (χ2v) is 4.06. The van der Waals surface area contributed by atoms with E-state index in [9.17, 15) is 4.79 Å². The number of amides is 1. The maximum Gasteiger partial charge on any atom is 0.228 e. The van der Waals surface area contributed by atoms with E-state index in [1.165, 1.54) is 0 Å². The van der Waals surface area contributed by atoms with Crippen molar-refractivity contribution in [1.29, 1.82) is 0 Å². The molecule has 1 aliphatic rings. The van der Waals surface area contributed by atoms with Crippen molar-refractivity contribution in [3.8, 4) is 0 Å². The smallest absolute Gasteiger partial charge is 0.228 e. The fourth-order valence-corrected chi connectivity index (χ4v) is 0.951. The normalized spacial score (nSPS) is 24.8. The third kappa shape index (κ3) is 1.31. The molecule has 0 aromatic carbocycles. The van der Waals surface area contributed by atoms with Gasteiger partial charge in [0.1, 0.15) is 0 Å². The van der Waals surface area contributed by atoms with Crippen LogP contribution in [0.25, 0.3) is 0 Å². The maximum absolute atomic E-state index is 11.4. The van der Waals surface area contributed by atoms with Gasteiger partial charge in [-0.1, -0.05) is 20.8 Å². The Balaban J connectivity index is 2.51. The summed E-state index contributed by atoms with van der Waals surface area (Å²) in [6.07, 6.45) is 0. The predicted molar refractivity (Wildman–Crippen MR) is 40.6 cm³/mol. The van der Waals surface area contributed by atoms with Gasteiger partial charge in [0.2, 0.25) is 5.91 Å². The van der Waals surface area contributed by atoms with E-state index in [4.69, 9.17) is 0 Å². The largest absolute Gasteiger partial charge is 0.336 e. The zero-order chi connectivity index (χ0) is 7.94. The molecule has 10 heavy (non-hydrogen) atoms. The Hall–Kier alpha value is -0.530. The third-order valence-electron chi connectivity index (χ3n) is 1.76. The SMILES string of the molecule is CC1CN1C(=O)C(C)(C)C. The van der Waals surface area contributed by atoms with Gasteiger partial charge < -0.3 is 4.90 Å². The number of nitrogens with zero attached hydrogens (tertiary/aromatic N) is 1. The molecule has 0 aromatic rings. The maximum atomic E-state index is 11.4. The zero-order valence-corrected chi connectivity index (χ0v) is 7.14. The van der Waals surface area contributed by atoms with Crippen LogP contribution in [-0.4, -0.2) is 23.4 Å². The monoisotopic (exact) mass is 141 g/mol. The van der Waals surface area contributed by atoms with Gasteiger partial charge in [0.25, 0.3) is 0 Å². The molecule has 1 unspecified atom stereocenters. The lowest BCUT2D eigenvalue weighted by Gasteiger charge is -2.17. The lowest BCUT2D eigenvalue weighted by molar-refractivity contribution is -0.134. The number of rotatable bonds is 0. The second kappa shape index (κ2) is 1.97. The van der Waals surface area contributed by atoms with Gasteiger partial charge >= 0.3 is 0 Å². The highest BCUT2D eigenvalue weighted by Crippen LogP contribution is 2.26. The van der Waals surface area contributed by atoms with Crippen molar-refractivity contribution in [2.75, 3.05) is 6.54 Å². The third-order valence-corrected chi connectivity index (χ3v) is 1.76. The summed E-state index contributed by atoms with van der Waals surface area (Å²) in [6.45, 7) is 8.90. The van der Waals surface area contributed by atoms with Gasteiger partial charge in [-0.25, -0.2) is 0 Å². The highest BCUT2D eigenvalue weighted by atomic mass is 16.2. The first-order valence-corrected chi connectivity index (χ1v) is 3.74. The Morgan fingerprint density at radius 1 is 1.50 bits per heavy atom. The molecular weight excluding hydrogens is 126 g/mol. The van der Waals surface area contributed by atoms with Crippen molar-refractivity contribution in [2.45, 2.75) is 33.7 Å². The summed E-state index contributed by atoms with van der Waals surface area (Å²) in [5, 5.41) is 0. The average Bonchev–Trinajstić information content (AvgIpc) is 2.42. The van der Waals surface area contributed by atoms with Crippen LogP contribution >= 0.6 is 0 Å². The molecule has 2 nitrogen and oxygen atoms in total. The minimum absolute atomic E-state index is 0.190. The van der Waals surface area contributed by atoms with Gasteiger partial charge in [-0.2, -0.15) is 0 Å². The molecule has 1 rings (SSSR count). The van der Waals surface area contributed by atoms with Crippen molar-refractivity contribution in [3.63, 3.8) is 0 Å². The summed E-state index contributed by atoms with van der Waals surface area (Å²) in [4.78, 5) is 13.3. The molecule has 1 aliphatic heterocycles. The van der Waals surface area contributed by atoms with Gasteiger partial charge in [-0.3, -0.25) is 4.79 Å². The van der Waals surface area contributed by atoms with Crippen molar-refractivity contribution in [2.24, 2.45) is 5.41 Å². The van der Waals surface area contributed by atoms with Crippen LogP contribution in [0.4, 0.5) is 0 Å². The van der Waals surface area contributed by atoms with Gasteiger partial charge in [-0.05, 0) is 6.92 Å². The minimum Gasteiger partial charge on any atom is -0.336 e. The molecule has 1 amide bonds. The Labute approximate surface area is 62.2 Å². The number of carbonyl (C=O) groups excluding carboxylic acids is 1. The van der Waals surface area contributed by atoms with Crippen LogP contribution in [0.5, 0.6) is 0 Å². The molecule has 0 aliphatic carbocycles. The fourth-order valence-electron chi connectivity index (χ4n) is 0.951. The van der Waals surface area contributed by atoms with Gasteiger partial charge in [0.05, 0.1) is 0 Å². The van der Waals surface area contributed by atoms with E-state index in [0.29, 0.717) is 6.04 Å². The van der Waals surface area contributed by atoms with Crippen LogP contribution in [0.1, 0.15) is 27.7 Å². The molecular formula is C8H15NO. The number of hydrogen-bond donors (Lipinski definition) is 0. The fraction of sp³-hybridized carbons (Fsp3) is 0.875. The van der Waals surface area contributed by atoms with E-state index in [-0.39, 0.29) is 11.3 Å². The molecule has 1 fully saturated rings. The Kier molecular flexibility index (Phi) is 1.50. The van der Waals surface area contributed by atoms with E-state index >= 15 is 0 Å².